The number of aromatic carboxylic acids is 1. The summed E-state index contributed by atoms with van der Waals surface area (Å²) in [6.45, 7) is 0.643. The molecule has 0 aliphatic rings. The number of ether oxygens (including phenoxy) is 3. The molecule has 1 aromatic carbocycles. The molecule has 0 saturated carbocycles. The minimum atomic E-state index is -1.00. The van der Waals surface area contributed by atoms with E-state index in [1.54, 1.807) is 19.2 Å². The molecule has 134 valence electrons. The fraction of sp³-hybridized carbons (Fsp3) is 0.312. The van der Waals surface area contributed by atoms with Crippen LogP contribution in [0.5, 0.6) is 11.5 Å². The lowest BCUT2D eigenvalue weighted by atomic mass is 10.3. The smallest absolute Gasteiger partial charge is 0.352 e. The molecule has 0 atom stereocenters. The number of carboxylic acid groups (broad SMARTS) is 1. The molecule has 0 aliphatic carbocycles. The van der Waals surface area contributed by atoms with Gasteiger partial charge >= 0.3 is 5.97 Å². The number of carbonyl (C=O) groups is 1. The monoisotopic (exact) mass is 350 g/mol. The summed E-state index contributed by atoms with van der Waals surface area (Å²) in [6.07, 6.45) is 0. The standard InChI is InChI=1S/C16H18N2O7/c1-17-11(3-4-15(17)16(19)20)10-24-5-6-25-14-8-12(18(21)22)7-13(9-14)23-2/h3-4,7-9H,5-6,10H2,1-2H3,(H,19,20). The van der Waals surface area contributed by atoms with Crippen molar-refractivity contribution in [1.82, 2.24) is 4.57 Å². The lowest BCUT2D eigenvalue weighted by Crippen LogP contribution is -2.10. The summed E-state index contributed by atoms with van der Waals surface area (Å²) >= 11 is 0. The van der Waals surface area contributed by atoms with Crippen LogP contribution in [0.25, 0.3) is 0 Å². The molecule has 0 saturated heterocycles. The molecule has 1 N–H and O–H groups in total. The summed E-state index contributed by atoms with van der Waals surface area (Å²) in [4.78, 5) is 21.3. The molecule has 0 aliphatic heterocycles. The average molecular weight is 350 g/mol. The molecule has 0 spiro atoms. The number of non-ortho nitro benzene ring substituents is 1. The first-order valence-corrected chi connectivity index (χ1v) is 7.34. The second-order valence-electron chi connectivity index (χ2n) is 5.10. The lowest BCUT2D eigenvalue weighted by Gasteiger charge is -2.09. The Balaban J connectivity index is 1.84. The van der Waals surface area contributed by atoms with E-state index in [1.165, 1.54) is 29.9 Å². The predicted molar refractivity (Wildman–Crippen MR) is 87.2 cm³/mol. The Morgan fingerprint density at radius 1 is 1.24 bits per heavy atom. The number of methoxy groups -OCH3 is 1. The number of aromatic nitrogens is 1. The Kier molecular flexibility index (Phi) is 5.96. The summed E-state index contributed by atoms with van der Waals surface area (Å²) in [5.41, 5.74) is 0.772. The maximum absolute atomic E-state index is 11.0. The van der Waals surface area contributed by atoms with E-state index in [1.807, 2.05) is 0 Å². The van der Waals surface area contributed by atoms with Crippen LogP contribution in [0.1, 0.15) is 16.2 Å². The van der Waals surface area contributed by atoms with Crippen LogP contribution in [-0.4, -0.2) is 40.9 Å². The van der Waals surface area contributed by atoms with Gasteiger partial charge in [-0.05, 0) is 12.1 Å². The average Bonchev–Trinajstić information content (AvgIpc) is 2.95. The quantitative estimate of drug-likeness (QED) is 0.419. The van der Waals surface area contributed by atoms with Gasteiger partial charge < -0.3 is 23.9 Å². The van der Waals surface area contributed by atoms with Crippen molar-refractivity contribution < 1.29 is 29.0 Å². The molecule has 1 heterocycles. The van der Waals surface area contributed by atoms with E-state index in [2.05, 4.69) is 0 Å². The molecule has 25 heavy (non-hydrogen) atoms. The highest BCUT2D eigenvalue weighted by molar-refractivity contribution is 5.86. The molecule has 9 heteroatoms. The minimum Gasteiger partial charge on any atom is -0.496 e. The van der Waals surface area contributed by atoms with Crippen molar-refractivity contribution in [3.63, 3.8) is 0 Å². The zero-order valence-electron chi connectivity index (χ0n) is 13.8. The number of nitro benzene ring substituents is 1. The zero-order valence-corrected chi connectivity index (χ0v) is 13.8. The summed E-state index contributed by atoms with van der Waals surface area (Å²) in [6, 6.07) is 7.34. The Morgan fingerprint density at radius 2 is 1.96 bits per heavy atom. The SMILES string of the molecule is COc1cc(OCCOCc2ccc(C(=O)O)n2C)cc([N+](=O)[O-])c1. The fourth-order valence-electron chi connectivity index (χ4n) is 2.17. The van der Waals surface area contributed by atoms with E-state index < -0.39 is 10.9 Å². The molecule has 0 radical (unpaired) electrons. The second-order valence-corrected chi connectivity index (χ2v) is 5.10. The molecular formula is C16H18N2O7. The van der Waals surface area contributed by atoms with E-state index >= 15 is 0 Å². The summed E-state index contributed by atoms with van der Waals surface area (Å²) in [5, 5.41) is 19.8. The third kappa shape index (κ3) is 4.70. The van der Waals surface area contributed by atoms with Crippen molar-refractivity contribution in [1.29, 1.82) is 0 Å². The van der Waals surface area contributed by atoms with E-state index in [9.17, 15) is 14.9 Å². The van der Waals surface area contributed by atoms with Gasteiger partial charge in [-0.2, -0.15) is 0 Å². The summed E-state index contributed by atoms with van der Waals surface area (Å²) in [5.74, 6) is -0.367. The van der Waals surface area contributed by atoms with Gasteiger partial charge in [-0.3, -0.25) is 10.1 Å². The van der Waals surface area contributed by atoms with Crippen LogP contribution >= 0.6 is 0 Å². The van der Waals surface area contributed by atoms with Gasteiger partial charge in [0.25, 0.3) is 5.69 Å². The first kappa shape index (κ1) is 18.3. The largest absolute Gasteiger partial charge is 0.496 e. The lowest BCUT2D eigenvalue weighted by molar-refractivity contribution is -0.385. The van der Waals surface area contributed by atoms with Crippen LogP contribution in [0.2, 0.25) is 0 Å². The number of hydrogen-bond donors (Lipinski definition) is 1. The van der Waals surface area contributed by atoms with Gasteiger partial charge in [0, 0.05) is 18.8 Å². The van der Waals surface area contributed by atoms with Gasteiger partial charge in [0.15, 0.2) is 0 Å². The molecule has 0 amide bonds. The van der Waals surface area contributed by atoms with Crippen molar-refractivity contribution in [3.05, 3.63) is 51.8 Å². The van der Waals surface area contributed by atoms with Crippen LogP contribution in [0.15, 0.2) is 30.3 Å². The highest BCUT2D eigenvalue weighted by Gasteiger charge is 2.12. The van der Waals surface area contributed by atoms with Crippen molar-refractivity contribution in [2.45, 2.75) is 6.61 Å². The van der Waals surface area contributed by atoms with E-state index in [4.69, 9.17) is 19.3 Å². The first-order chi connectivity index (χ1) is 11.9. The van der Waals surface area contributed by atoms with Crippen molar-refractivity contribution in [2.24, 2.45) is 7.05 Å². The van der Waals surface area contributed by atoms with Crippen LogP contribution in [0.4, 0.5) is 5.69 Å². The fourth-order valence-corrected chi connectivity index (χ4v) is 2.17. The third-order valence-corrected chi connectivity index (χ3v) is 3.50. The molecule has 0 unspecified atom stereocenters. The first-order valence-electron chi connectivity index (χ1n) is 7.34. The number of nitro groups is 1. The number of carboxylic acids is 1. The highest BCUT2D eigenvalue weighted by atomic mass is 16.6. The normalized spacial score (nSPS) is 10.5. The van der Waals surface area contributed by atoms with Crippen molar-refractivity contribution in [2.75, 3.05) is 20.3 Å². The van der Waals surface area contributed by atoms with Crippen LogP contribution in [-0.2, 0) is 18.4 Å². The van der Waals surface area contributed by atoms with Crippen LogP contribution in [0.3, 0.4) is 0 Å². The van der Waals surface area contributed by atoms with Crippen molar-refractivity contribution in [3.8, 4) is 11.5 Å². The Bertz CT molecular complexity index is 770. The van der Waals surface area contributed by atoms with Gasteiger partial charge in [0.2, 0.25) is 0 Å². The van der Waals surface area contributed by atoms with Gasteiger partial charge in [-0.1, -0.05) is 0 Å². The van der Waals surface area contributed by atoms with E-state index in [-0.39, 0.29) is 31.2 Å². The van der Waals surface area contributed by atoms with E-state index in [0.717, 1.165) is 5.69 Å². The molecular weight excluding hydrogens is 332 g/mol. The predicted octanol–water partition coefficient (Wildman–Crippen LogP) is 2.24. The topological polar surface area (TPSA) is 113 Å². The van der Waals surface area contributed by atoms with E-state index in [0.29, 0.717) is 11.5 Å². The third-order valence-electron chi connectivity index (χ3n) is 3.50. The Morgan fingerprint density at radius 3 is 2.56 bits per heavy atom. The Labute approximate surface area is 143 Å². The maximum Gasteiger partial charge on any atom is 0.352 e. The highest BCUT2D eigenvalue weighted by Crippen LogP contribution is 2.27. The van der Waals surface area contributed by atoms with Crippen molar-refractivity contribution >= 4 is 11.7 Å². The number of rotatable bonds is 9. The van der Waals surface area contributed by atoms with Gasteiger partial charge in [0.05, 0.1) is 37.4 Å². The molecule has 0 fully saturated rings. The Hall–Kier alpha value is -3.07. The molecule has 0 bridgehead atoms. The second kappa shape index (κ2) is 8.15. The zero-order chi connectivity index (χ0) is 18.4. The van der Waals surface area contributed by atoms with Gasteiger partial charge in [-0.15, -0.1) is 0 Å². The van der Waals surface area contributed by atoms with Crippen LogP contribution in [0, 0.1) is 10.1 Å². The number of hydrogen-bond acceptors (Lipinski definition) is 6. The molecule has 2 rings (SSSR count). The number of benzene rings is 1. The molecule has 1 aromatic heterocycles. The molecule has 2 aromatic rings. The van der Waals surface area contributed by atoms with Gasteiger partial charge in [0.1, 0.15) is 23.8 Å². The summed E-state index contributed by atoms with van der Waals surface area (Å²) < 4.78 is 17.4. The van der Waals surface area contributed by atoms with Gasteiger partial charge in [-0.25, -0.2) is 4.79 Å². The van der Waals surface area contributed by atoms with Crippen LogP contribution < -0.4 is 9.47 Å². The number of nitrogens with zero attached hydrogens (tertiary/aromatic N) is 2. The summed E-state index contributed by atoms with van der Waals surface area (Å²) in [7, 11) is 3.06. The maximum atomic E-state index is 11.0. The molecule has 9 nitrogen and oxygen atoms in total. The minimum absolute atomic E-state index is 0.125.